The van der Waals surface area contributed by atoms with Gasteiger partial charge in [0.25, 0.3) is 5.91 Å². The van der Waals surface area contributed by atoms with Crippen LogP contribution in [0.15, 0.2) is 66.0 Å². The summed E-state index contributed by atoms with van der Waals surface area (Å²) in [7, 11) is 0. The standard InChI is InChI=1S/C27H19F2N5O4/c28-18-6-5-16-21(22(18)29)17-11-30-13-31-23(17)14-3-1-2-4-15(14)24(16)34-20-12-38-10-9-32(20)27(37)25-26(36)19(35)7-8-33(25)34/h1-8,11,13,20,24,36H,9-10,12H2/t20-,24-/m1/s1. The van der Waals surface area contributed by atoms with Crippen molar-refractivity contribution in [1.29, 1.82) is 0 Å². The molecule has 2 atom stereocenters. The lowest BCUT2D eigenvalue weighted by molar-refractivity contribution is -0.0196. The first-order valence-corrected chi connectivity index (χ1v) is 12.0. The van der Waals surface area contributed by atoms with Crippen molar-refractivity contribution in [3.05, 3.63) is 99.9 Å². The molecule has 4 heterocycles. The average Bonchev–Trinajstić information content (AvgIpc) is 3.06. The predicted octanol–water partition coefficient (Wildman–Crippen LogP) is 2.81. The zero-order valence-electron chi connectivity index (χ0n) is 19.7. The maximum absolute atomic E-state index is 15.7. The molecule has 0 spiro atoms. The summed E-state index contributed by atoms with van der Waals surface area (Å²) in [5.74, 6) is -3.29. The number of nitrogens with zero attached hydrogens (tertiary/aromatic N) is 5. The van der Waals surface area contributed by atoms with Crippen molar-refractivity contribution in [3.8, 4) is 28.1 Å². The van der Waals surface area contributed by atoms with Gasteiger partial charge in [-0.1, -0.05) is 30.3 Å². The van der Waals surface area contributed by atoms with Crippen molar-refractivity contribution in [3.63, 3.8) is 0 Å². The highest BCUT2D eigenvalue weighted by atomic mass is 19.2. The van der Waals surface area contributed by atoms with Crippen molar-refractivity contribution in [1.82, 2.24) is 19.5 Å². The van der Waals surface area contributed by atoms with E-state index in [0.29, 0.717) is 27.9 Å². The van der Waals surface area contributed by atoms with Crippen LogP contribution in [0.5, 0.6) is 5.75 Å². The third-order valence-electron chi connectivity index (χ3n) is 7.35. The molecule has 9 nitrogen and oxygen atoms in total. The molecule has 0 bridgehead atoms. The Morgan fingerprint density at radius 3 is 2.74 bits per heavy atom. The Labute approximate surface area is 214 Å². The Morgan fingerprint density at radius 1 is 1.03 bits per heavy atom. The number of carbonyl (C=O) groups excluding carboxylic acids is 1. The minimum Gasteiger partial charge on any atom is -0.502 e. The van der Waals surface area contributed by atoms with Gasteiger partial charge in [-0.3, -0.25) is 19.3 Å². The van der Waals surface area contributed by atoms with Crippen LogP contribution in [-0.4, -0.2) is 56.5 Å². The van der Waals surface area contributed by atoms with Crippen molar-refractivity contribution in [2.75, 3.05) is 24.8 Å². The van der Waals surface area contributed by atoms with Crippen LogP contribution in [0.2, 0.25) is 0 Å². The highest BCUT2D eigenvalue weighted by Crippen LogP contribution is 2.48. The fourth-order valence-corrected chi connectivity index (χ4v) is 5.73. The summed E-state index contributed by atoms with van der Waals surface area (Å²) in [5.41, 5.74) is 1.59. The lowest BCUT2D eigenvalue weighted by Crippen LogP contribution is -2.66. The van der Waals surface area contributed by atoms with Crippen molar-refractivity contribution >= 4 is 5.91 Å². The zero-order chi connectivity index (χ0) is 26.1. The molecule has 7 rings (SSSR count). The molecule has 0 unspecified atom stereocenters. The van der Waals surface area contributed by atoms with Gasteiger partial charge < -0.3 is 14.7 Å². The number of pyridine rings is 1. The van der Waals surface area contributed by atoms with Gasteiger partial charge in [0.05, 0.1) is 24.9 Å². The summed E-state index contributed by atoms with van der Waals surface area (Å²) in [5, 5.41) is 12.5. The van der Waals surface area contributed by atoms with E-state index >= 15 is 4.39 Å². The maximum atomic E-state index is 15.7. The van der Waals surface area contributed by atoms with Gasteiger partial charge in [0.1, 0.15) is 12.5 Å². The second-order valence-corrected chi connectivity index (χ2v) is 9.26. The van der Waals surface area contributed by atoms with E-state index in [9.17, 15) is 19.1 Å². The van der Waals surface area contributed by atoms with Crippen LogP contribution in [0, 0.1) is 11.6 Å². The summed E-state index contributed by atoms with van der Waals surface area (Å²) in [6.45, 7) is 0.600. The number of carbonyl (C=O) groups is 1. The monoisotopic (exact) mass is 515 g/mol. The first-order chi connectivity index (χ1) is 18.5. The maximum Gasteiger partial charge on any atom is 0.278 e. The molecule has 38 heavy (non-hydrogen) atoms. The Hall–Kier alpha value is -4.64. The number of hydrogen-bond acceptors (Lipinski definition) is 7. The number of amides is 1. The highest BCUT2D eigenvalue weighted by molar-refractivity contribution is 5.97. The quantitative estimate of drug-likeness (QED) is 0.416. The molecule has 1 aliphatic carbocycles. The Balaban J connectivity index is 1.60. The van der Waals surface area contributed by atoms with Crippen molar-refractivity contribution in [2.24, 2.45) is 0 Å². The van der Waals surface area contributed by atoms with Gasteiger partial charge in [-0.05, 0) is 17.2 Å². The minimum atomic E-state index is -1.05. The number of fused-ring (bicyclic) bond motifs is 7. The number of aromatic nitrogens is 3. The Bertz CT molecular complexity index is 1710. The molecule has 2 aromatic carbocycles. The second-order valence-electron chi connectivity index (χ2n) is 9.26. The van der Waals surface area contributed by atoms with E-state index in [4.69, 9.17) is 4.74 Å². The molecule has 1 N–H and O–H groups in total. The van der Waals surface area contributed by atoms with E-state index in [-0.39, 0.29) is 31.0 Å². The second kappa shape index (κ2) is 8.18. The molecular formula is C27H19F2N5O4. The van der Waals surface area contributed by atoms with Crippen molar-refractivity contribution in [2.45, 2.75) is 12.2 Å². The summed E-state index contributed by atoms with van der Waals surface area (Å²) in [6, 6.07) is 10.3. The van der Waals surface area contributed by atoms with Gasteiger partial charge in [0, 0.05) is 41.7 Å². The molecule has 1 fully saturated rings. The molecule has 2 aromatic heterocycles. The number of halogens is 2. The van der Waals surface area contributed by atoms with Gasteiger partial charge in [-0.15, -0.1) is 0 Å². The Kier molecular flexibility index (Phi) is 4.86. The zero-order valence-corrected chi connectivity index (χ0v) is 19.7. The molecule has 1 saturated heterocycles. The van der Waals surface area contributed by atoms with Crippen LogP contribution in [0.3, 0.4) is 0 Å². The number of ether oxygens (including phenoxy) is 1. The average molecular weight is 515 g/mol. The lowest BCUT2D eigenvalue weighted by Gasteiger charge is -2.51. The van der Waals surface area contributed by atoms with E-state index in [1.165, 1.54) is 34.4 Å². The SMILES string of the molecule is O=C1c2c(O)c(=O)ccn2N([C@@H]2c3ccccc3-c3ncncc3-c3c2ccc(F)c3F)[C@@H]2COCCN12. The van der Waals surface area contributed by atoms with Crippen LogP contribution in [0.1, 0.15) is 27.7 Å². The van der Waals surface area contributed by atoms with E-state index in [1.54, 1.807) is 5.01 Å². The third kappa shape index (κ3) is 2.99. The molecule has 0 saturated carbocycles. The summed E-state index contributed by atoms with van der Waals surface area (Å²) in [6.07, 6.45) is 3.52. The first-order valence-electron chi connectivity index (χ1n) is 12.0. The topological polar surface area (TPSA) is 101 Å². The summed E-state index contributed by atoms with van der Waals surface area (Å²) in [4.78, 5) is 35.9. The number of morpholine rings is 1. The van der Waals surface area contributed by atoms with Crippen LogP contribution < -0.4 is 10.4 Å². The molecule has 190 valence electrons. The largest absolute Gasteiger partial charge is 0.502 e. The first kappa shape index (κ1) is 22.5. The van der Waals surface area contributed by atoms with Gasteiger partial charge in [0.15, 0.2) is 23.1 Å². The van der Waals surface area contributed by atoms with Gasteiger partial charge in [0.2, 0.25) is 5.43 Å². The molecular weight excluding hydrogens is 496 g/mol. The summed E-state index contributed by atoms with van der Waals surface area (Å²) >= 11 is 0. The Morgan fingerprint density at radius 2 is 1.87 bits per heavy atom. The number of rotatable bonds is 1. The normalized spacial score (nSPS) is 19.6. The number of benzene rings is 2. The van der Waals surface area contributed by atoms with Crippen LogP contribution in [0.4, 0.5) is 8.78 Å². The predicted molar refractivity (Wildman–Crippen MR) is 131 cm³/mol. The van der Waals surface area contributed by atoms with Gasteiger partial charge in [-0.25, -0.2) is 18.7 Å². The molecule has 11 heteroatoms. The fourth-order valence-electron chi connectivity index (χ4n) is 5.73. The van der Waals surface area contributed by atoms with E-state index in [2.05, 4.69) is 9.97 Å². The summed E-state index contributed by atoms with van der Waals surface area (Å²) < 4.78 is 37.6. The van der Waals surface area contributed by atoms with Crippen LogP contribution in [0.25, 0.3) is 22.4 Å². The highest BCUT2D eigenvalue weighted by Gasteiger charge is 2.46. The van der Waals surface area contributed by atoms with E-state index in [0.717, 1.165) is 12.1 Å². The van der Waals surface area contributed by atoms with E-state index in [1.807, 2.05) is 24.3 Å². The van der Waals surface area contributed by atoms with Gasteiger partial charge in [-0.2, -0.15) is 0 Å². The molecule has 3 aliphatic rings. The van der Waals surface area contributed by atoms with Crippen LogP contribution >= 0.6 is 0 Å². The molecule has 4 aromatic rings. The molecule has 1 amide bonds. The smallest absolute Gasteiger partial charge is 0.278 e. The molecule has 0 radical (unpaired) electrons. The third-order valence-corrected chi connectivity index (χ3v) is 7.35. The number of hydrogen-bond donors (Lipinski definition) is 1. The van der Waals surface area contributed by atoms with Crippen LogP contribution in [-0.2, 0) is 4.74 Å². The minimum absolute atomic E-state index is 0.00575. The molecule has 2 aliphatic heterocycles. The lowest BCUT2D eigenvalue weighted by atomic mass is 9.92. The fraction of sp³-hybridized carbons (Fsp3) is 0.185. The van der Waals surface area contributed by atoms with Gasteiger partial charge >= 0.3 is 0 Å². The number of aromatic hydroxyl groups is 1. The van der Waals surface area contributed by atoms with Crippen molar-refractivity contribution < 1.29 is 23.4 Å². The van der Waals surface area contributed by atoms with E-state index < -0.39 is 40.9 Å².